The molecule has 5 nitrogen and oxygen atoms in total. The maximum atomic E-state index is 12.1. The molecule has 0 radical (unpaired) electrons. The van der Waals surface area contributed by atoms with Gasteiger partial charge in [-0.25, -0.2) is 4.79 Å². The number of likely N-dealkylation sites (tertiary alicyclic amines) is 1. The fourth-order valence-corrected chi connectivity index (χ4v) is 2.36. The van der Waals surface area contributed by atoms with Crippen molar-refractivity contribution in [2.24, 2.45) is 0 Å². The van der Waals surface area contributed by atoms with Crippen molar-refractivity contribution in [2.45, 2.75) is 65.0 Å². The molecule has 2 heterocycles. The van der Waals surface area contributed by atoms with E-state index < -0.39 is 5.60 Å². The van der Waals surface area contributed by atoms with Crippen LogP contribution in [0.4, 0.5) is 4.79 Å². The van der Waals surface area contributed by atoms with Crippen molar-refractivity contribution < 1.29 is 14.3 Å². The highest BCUT2D eigenvalue weighted by Gasteiger charge is 2.35. The van der Waals surface area contributed by atoms with E-state index in [-0.39, 0.29) is 12.1 Å². The fourth-order valence-electron chi connectivity index (χ4n) is 2.36. The van der Waals surface area contributed by atoms with Crippen LogP contribution < -0.4 is 4.74 Å². The van der Waals surface area contributed by atoms with E-state index in [2.05, 4.69) is 23.7 Å². The summed E-state index contributed by atoms with van der Waals surface area (Å²) in [5.74, 6) is 6.94. The molecule has 0 bridgehead atoms. The van der Waals surface area contributed by atoms with E-state index in [0.29, 0.717) is 18.9 Å². The summed E-state index contributed by atoms with van der Waals surface area (Å²) in [7, 11) is 0. The fraction of sp³-hybridized carbons (Fsp3) is 0.600. The van der Waals surface area contributed by atoms with Crippen LogP contribution in [-0.2, 0) is 4.74 Å². The van der Waals surface area contributed by atoms with Gasteiger partial charge in [0.2, 0.25) is 0 Å². The van der Waals surface area contributed by atoms with Crippen molar-refractivity contribution in [3.05, 3.63) is 24.0 Å². The molecule has 0 aromatic carbocycles. The topological polar surface area (TPSA) is 51.7 Å². The van der Waals surface area contributed by atoms with Crippen molar-refractivity contribution in [2.75, 3.05) is 13.2 Å². The van der Waals surface area contributed by atoms with Crippen molar-refractivity contribution >= 4 is 6.09 Å². The summed E-state index contributed by atoms with van der Waals surface area (Å²) in [6, 6.07) is 1.94. The first-order chi connectivity index (χ1) is 11.9. The first-order valence-electron chi connectivity index (χ1n) is 8.95. The van der Waals surface area contributed by atoms with Gasteiger partial charge >= 0.3 is 6.09 Å². The number of pyridine rings is 1. The number of hydrogen-bond acceptors (Lipinski definition) is 4. The third kappa shape index (κ3) is 6.30. The number of unbranched alkanes of at least 4 members (excludes halogenated alkanes) is 2. The molecule has 1 saturated heterocycles. The Kier molecular flexibility index (Phi) is 6.69. The van der Waals surface area contributed by atoms with Gasteiger partial charge in [0, 0.05) is 24.7 Å². The van der Waals surface area contributed by atoms with Crippen molar-refractivity contribution in [1.82, 2.24) is 9.88 Å². The molecule has 1 aromatic heterocycles. The number of carbonyl (C=O) groups excluding carboxylic acids is 1. The Hall–Kier alpha value is -2.22. The molecule has 1 fully saturated rings. The Bertz CT molecular complexity index is 640. The summed E-state index contributed by atoms with van der Waals surface area (Å²) in [5.41, 5.74) is 0.374. The molecular weight excluding hydrogens is 316 g/mol. The van der Waals surface area contributed by atoms with Crippen LogP contribution in [0.25, 0.3) is 0 Å². The number of rotatable bonds is 5. The summed E-state index contributed by atoms with van der Waals surface area (Å²) in [6.07, 6.45) is 7.21. The van der Waals surface area contributed by atoms with Crippen LogP contribution in [0.1, 0.15) is 58.9 Å². The Morgan fingerprint density at radius 2 is 2.20 bits per heavy atom. The predicted octanol–water partition coefficient (Wildman–Crippen LogP) is 4.01. The van der Waals surface area contributed by atoms with Crippen molar-refractivity contribution in [1.29, 1.82) is 0 Å². The second-order valence-electron chi connectivity index (χ2n) is 7.24. The van der Waals surface area contributed by atoms with Gasteiger partial charge in [0.05, 0.1) is 12.2 Å². The lowest BCUT2D eigenvalue weighted by Crippen LogP contribution is -2.55. The third-order valence-electron chi connectivity index (χ3n) is 3.82. The van der Waals surface area contributed by atoms with Crippen LogP contribution in [0, 0.1) is 11.8 Å². The van der Waals surface area contributed by atoms with E-state index in [1.807, 2.05) is 26.8 Å². The predicted molar refractivity (Wildman–Crippen MR) is 97.5 cm³/mol. The van der Waals surface area contributed by atoms with Crippen LogP contribution in [0.3, 0.4) is 0 Å². The first kappa shape index (κ1) is 19.1. The standard InChI is InChI=1S/C20H28N2O3/c1-5-6-7-8-9-16-12-18(14-21-13-16)24-15-17-10-11-22(17)19(23)25-20(2,3)4/h12-14,17H,5-7,10-11,15H2,1-4H3/t17-/m0/s1. The lowest BCUT2D eigenvalue weighted by Gasteiger charge is -2.40. The minimum atomic E-state index is -0.479. The van der Waals surface area contributed by atoms with Crippen LogP contribution in [0.15, 0.2) is 18.5 Å². The highest BCUT2D eigenvalue weighted by molar-refractivity contribution is 5.69. The van der Waals surface area contributed by atoms with Gasteiger partial charge in [0.15, 0.2) is 0 Å². The molecule has 0 saturated carbocycles. The molecule has 1 atom stereocenters. The highest BCUT2D eigenvalue weighted by Crippen LogP contribution is 2.22. The molecule has 2 rings (SSSR count). The van der Waals surface area contributed by atoms with Crippen LogP contribution in [-0.4, -0.2) is 40.8 Å². The molecule has 1 aliphatic rings. The van der Waals surface area contributed by atoms with Crippen LogP contribution >= 0.6 is 0 Å². The van der Waals surface area contributed by atoms with E-state index in [1.165, 1.54) is 0 Å². The molecule has 136 valence electrons. The number of nitrogens with zero attached hydrogens (tertiary/aromatic N) is 2. The van der Waals surface area contributed by atoms with Crippen molar-refractivity contribution in [3.8, 4) is 17.6 Å². The monoisotopic (exact) mass is 344 g/mol. The van der Waals surface area contributed by atoms with Gasteiger partial charge in [-0.2, -0.15) is 0 Å². The third-order valence-corrected chi connectivity index (χ3v) is 3.82. The van der Waals surface area contributed by atoms with E-state index in [4.69, 9.17) is 9.47 Å². The summed E-state index contributed by atoms with van der Waals surface area (Å²) >= 11 is 0. The Morgan fingerprint density at radius 1 is 1.40 bits per heavy atom. The lowest BCUT2D eigenvalue weighted by atomic mass is 10.1. The number of ether oxygens (including phenoxy) is 2. The molecule has 0 spiro atoms. The smallest absolute Gasteiger partial charge is 0.410 e. The summed E-state index contributed by atoms with van der Waals surface area (Å²) in [5, 5.41) is 0. The summed E-state index contributed by atoms with van der Waals surface area (Å²) < 4.78 is 11.2. The number of amides is 1. The molecule has 25 heavy (non-hydrogen) atoms. The normalized spacial score (nSPS) is 16.5. The second kappa shape index (κ2) is 8.75. The van der Waals surface area contributed by atoms with Gasteiger partial charge in [0.1, 0.15) is 18.0 Å². The van der Waals surface area contributed by atoms with Gasteiger partial charge in [-0.15, -0.1) is 0 Å². The number of hydrogen-bond donors (Lipinski definition) is 0. The lowest BCUT2D eigenvalue weighted by molar-refractivity contribution is -0.0141. The average Bonchev–Trinajstić information content (AvgIpc) is 2.49. The largest absolute Gasteiger partial charge is 0.490 e. The Morgan fingerprint density at radius 3 is 2.84 bits per heavy atom. The van der Waals surface area contributed by atoms with Gasteiger partial charge in [0.25, 0.3) is 0 Å². The minimum Gasteiger partial charge on any atom is -0.490 e. The highest BCUT2D eigenvalue weighted by atomic mass is 16.6. The zero-order valence-electron chi connectivity index (χ0n) is 15.7. The quantitative estimate of drug-likeness (QED) is 0.598. The van der Waals surface area contributed by atoms with Crippen molar-refractivity contribution in [3.63, 3.8) is 0 Å². The minimum absolute atomic E-state index is 0.0501. The average molecular weight is 344 g/mol. The summed E-state index contributed by atoms with van der Waals surface area (Å²) in [4.78, 5) is 18.0. The molecule has 1 aromatic rings. The maximum absolute atomic E-state index is 12.1. The maximum Gasteiger partial charge on any atom is 0.410 e. The molecule has 5 heteroatoms. The van der Waals surface area contributed by atoms with E-state index in [0.717, 1.165) is 31.2 Å². The first-order valence-corrected chi connectivity index (χ1v) is 8.95. The second-order valence-corrected chi connectivity index (χ2v) is 7.24. The molecule has 1 amide bonds. The van der Waals surface area contributed by atoms with Gasteiger partial charge < -0.3 is 14.4 Å². The number of carbonyl (C=O) groups is 1. The van der Waals surface area contributed by atoms with E-state index >= 15 is 0 Å². The molecule has 1 aliphatic heterocycles. The molecule has 0 unspecified atom stereocenters. The Balaban J connectivity index is 1.84. The molecule has 0 N–H and O–H groups in total. The SMILES string of the molecule is CCCCC#Cc1cncc(OC[C@@H]2CCN2C(=O)OC(C)(C)C)c1. The van der Waals surface area contributed by atoms with E-state index in [9.17, 15) is 4.79 Å². The Labute approximate surface area is 150 Å². The van der Waals surface area contributed by atoms with E-state index in [1.54, 1.807) is 17.3 Å². The molecular formula is C20H28N2O3. The van der Waals surface area contributed by atoms with Gasteiger partial charge in [-0.05, 0) is 39.7 Å². The van der Waals surface area contributed by atoms with Crippen LogP contribution in [0.2, 0.25) is 0 Å². The molecule has 0 aliphatic carbocycles. The van der Waals surface area contributed by atoms with Gasteiger partial charge in [-0.1, -0.05) is 25.2 Å². The van der Waals surface area contributed by atoms with Gasteiger partial charge in [-0.3, -0.25) is 4.98 Å². The number of aromatic nitrogens is 1. The zero-order valence-corrected chi connectivity index (χ0v) is 15.7. The summed E-state index contributed by atoms with van der Waals surface area (Å²) in [6.45, 7) is 8.91. The zero-order chi connectivity index (χ0) is 18.3. The van der Waals surface area contributed by atoms with Crippen LogP contribution in [0.5, 0.6) is 5.75 Å².